The van der Waals surface area contributed by atoms with Gasteiger partial charge in [0.2, 0.25) is 5.91 Å². The van der Waals surface area contributed by atoms with E-state index in [9.17, 15) is 18.0 Å². The van der Waals surface area contributed by atoms with E-state index in [0.717, 1.165) is 12.1 Å². The van der Waals surface area contributed by atoms with Crippen LogP contribution in [-0.2, 0) is 11.0 Å². The van der Waals surface area contributed by atoms with Crippen LogP contribution in [0.1, 0.15) is 18.1 Å². The van der Waals surface area contributed by atoms with Gasteiger partial charge in [-0.2, -0.15) is 13.2 Å². The fourth-order valence-electron chi connectivity index (χ4n) is 1.22. The lowest BCUT2D eigenvalue weighted by Gasteiger charge is -2.06. The fraction of sp³-hybridized carbons (Fsp3) is 0.250. The SMILES string of the molecule is CC(=O)NCC=Cc1cccc(C(F)(F)F)c1. The molecule has 1 N–H and O–H groups in total. The van der Waals surface area contributed by atoms with E-state index in [1.807, 2.05) is 0 Å². The van der Waals surface area contributed by atoms with Crippen LogP contribution < -0.4 is 5.32 Å². The number of nitrogens with one attached hydrogen (secondary N) is 1. The van der Waals surface area contributed by atoms with Crippen LogP contribution in [0, 0.1) is 0 Å². The molecule has 17 heavy (non-hydrogen) atoms. The van der Waals surface area contributed by atoms with Crippen molar-refractivity contribution in [1.29, 1.82) is 0 Å². The van der Waals surface area contributed by atoms with E-state index in [2.05, 4.69) is 5.32 Å². The zero-order valence-electron chi connectivity index (χ0n) is 9.21. The first-order chi connectivity index (χ1) is 7.89. The van der Waals surface area contributed by atoms with Gasteiger partial charge in [0, 0.05) is 13.5 Å². The molecule has 0 saturated carbocycles. The van der Waals surface area contributed by atoms with Gasteiger partial charge < -0.3 is 5.32 Å². The summed E-state index contributed by atoms with van der Waals surface area (Å²) in [6, 6.07) is 5.00. The van der Waals surface area contributed by atoms with Gasteiger partial charge in [-0.1, -0.05) is 24.3 Å². The zero-order chi connectivity index (χ0) is 12.9. The minimum Gasteiger partial charge on any atom is -0.353 e. The number of benzene rings is 1. The average Bonchev–Trinajstić information content (AvgIpc) is 2.23. The molecule has 0 unspecified atom stereocenters. The molecule has 1 rings (SSSR count). The molecule has 1 aromatic carbocycles. The average molecular weight is 243 g/mol. The van der Waals surface area contributed by atoms with Gasteiger partial charge in [0.25, 0.3) is 0 Å². The molecule has 0 atom stereocenters. The highest BCUT2D eigenvalue weighted by Gasteiger charge is 2.30. The lowest BCUT2D eigenvalue weighted by molar-refractivity contribution is -0.137. The zero-order valence-corrected chi connectivity index (χ0v) is 9.21. The predicted molar refractivity (Wildman–Crippen MR) is 59.2 cm³/mol. The Morgan fingerprint density at radius 3 is 2.71 bits per heavy atom. The molecule has 0 spiro atoms. The topological polar surface area (TPSA) is 29.1 Å². The summed E-state index contributed by atoms with van der Waals surface area (Å²) in [4.78, 5) is 10.5. The van der Waals surface area contributed by atoms with Gasteiger partial charge in [0.05, 0.1) is 5.56 Å². The van der Waals surface area contributed by atoms with Crippen molar-refractivity contribution in [2.45, 2.75) is 13.1 Å². The first-order valence-electron chi connectivity index (χ1n) is 4.98. The molecule has 0 saturated heterocycles. The van der Waals surface area contributed by atoms with Crippen LogP contribution in [0.25, 0.3) is 6.08 Å². The van der Waals surface area contributed by atoms with Crippen LogP contribution in [-0.4, -0.2) is 12.5 Å². The number of halogens is 3. The van der Waals surface area contributed by atoms with Crippen molar-refractivity contribution in [3.8, 4) is 0 Å². The smallest absolute Gasteiger partial charge is 0.353 e. The van der Waals surface area contributed by atoms with Crippen molar-refractivity contribution in [3.63, 3.8) is 0 Å². The molecular weight excluding hydrogens is 231 g/mol. The lowest BCUT2D eigenvalue weighted by Crippen LogP contribution is -2.19. The summed E-state index contributed by atoms with van der Waals surface area (Å²) < 4.78 is 37.1. The van der Waals surface area contributed by atoms with Crippen molar-refractivity contribution in [2.75, 3.05) is 6.54 Å². The van der Waals surface area contributed by atoms with Crippen LogP contribution in [0.2, 0.25) is 0 Å². The summed E-state index contributed by atoms with van der Waals surface area (Å²) in [5.41, 5.74) is -0.232. The number of carbonyl (C=O) groups is 1. The highest BCUT2D eigenvalue weighted by molar-refractivity contribution is 5.73. The number of carbonyl (C=O) groups excluding carboxylic acids is 1. The van der Waals surface area contributed by atoms with Crippen molar-refractivity contribution in [2.24, 2.45) is 0 Å². The maximum absolute atomic E-state index is 12.4. The third-order valence-electron chi connectivity index (χ3n) is 1.99. The van der Waals surface area contributed by atoms with Gasteiger partial charge in [-0.3, -0.25) is 4.79 Å². The molecule has 1 aromatic rings. The number of hydrogen-bond acceptors (Lipinski definition) is 1. The van der Waals surface area contributed by atoms with E-state index in [4.69, 9.17) is 0 Å². The third kappa shape index (κ3) is 4.72. The quantitative estimate of drug-likeness (QED) is 0.869. The molecule has 0 aliphatic carbocycles. The molecule has 0 bridgehead atoms. The fourth-order valence-corrected chi connectivity index (χ4v) is 1.22. The summed E-state index contributed by atoms with van der Waals surface area (Å²) in [6.07, 6.45) is -1.20. The van der Waals surface area contributed by atoms with Crippen LogP contribution in [0.5, 0.6) is 0 Å². The monoisotopic (exact) mass is 243 g/mol. The van der Waals surface area contributed by atoms with E-state index in [-0.39, 0.29) is 5.91 Å². The molecular formula is C12H12F3NO. The Hall–Kier alpha value is -1.78. The Balaban J connectivity index is 2.69. The minimum atomic E-state index is -4.33. The molecule has 0 heterocycles. The summed E-state index contributed by atoms with van der Waals surface area (Å²) in [7, 11) is 0. The highest BCUT2D eigenvalue weighted by Crippen LogP contribution is 2.29. The number of alkyl halides is 3. The second kappa shape index (κ2) is 5.52. The molecule has 0 fully saturated rings. The van der Waals surface area contributed by atoms with E-state index in [1.54, 1.807) is 12.1 Å². The van der Waals surface area contributed by atoms with Gasteiger partial charge in [0.1, 0.15) is 0 Å². The molecule has 2 nitrogen and oxygen atoms in total. The van der Waals surface area contributed by atoms with E-state index >= 15 is 0 Å². The molecule has 0 aromatic heterocycles. The van der Waals surface area contributed by atoms with Gasteiger partial charge in [-0.25, -0.2) is 0 Å². The normalized spacial score (nSPS) is 11.8. The van der Waals surface area contributed by atoms with Crippen LogP contribution in [0.3, 0.4) is 0 Å². The number of hydrogen-bond donors (Lipinski definition) is 1. The molecule has 0 aliphatic heterocycles. The summed E-state index contributed by atoms with van der Waals surface area (Å²) >= 11 is 0. The lowest BCUT2D eigenvalue weighted by atomic mass is 10.1. The first kappa shape index (κ1) is 13.3. The third-order valence-corrected chi connectivity index (χ3v) is 1.99. The number of rotatable bonds is 3. The first-order valence-corrected chi connectivity index (χ1v) is 4.98. The Morgan fingerprint density at radius 1 is 1.41 bits per heavy atom. The van der Waals surface area contributed by atoms with Crippen LogP contribution in [0.15, 0.2) is 30.3 Å². The molecule has 92 valence electrons. The summed E-state index contributed by atoms with van der Waals surface area (Å²) in [5.74, 6) is -0.182. The second-order valence-corrected chi connectivity index (χ2v) is 3.46. The van der Waals surface area contributed by atoms with E-state index < -0.39 is 11.7 Å². The predicted octanol–water partition coefficient (Wildman–Crippen LogP) is 2.85. The Bertz CT molecular complexity index is 424. The summed E-state index contributed by atoms with van der Waals surface area (Å²) in [6.45, 7) is 1.67. The Labute approximate surface area is 97.1 Å². The van der Waals surface area contributed by atoms with Crippen LogP contribution in [0.4, 0.5) is 13.2 Å². The van der Waals surface area contributed by atoms with Gasteiger partial charge >= 0.3 is 6.18 Å². The molecule has 1 amide bonds. The minimum absolute atomic E-state index is 0.182. The number of amides is 1. The van der Waals surface area contributed by atoms with Gasteiger partial charge in [0.15, 0.2) is 0 Å². The molecule has 0 aliphatic rings. The van der Waals surface area contributed by atoms with Gasteiger partial charge in [-0.05, 0) is 17.7 Å². The summed E-state index contributed by atoms with van der Waals surface area (Å²) in [5, 5.41) is 2.51. The van der Waals surface area contributed by atoms with E-state index in [0.29, 0.717) is 12.1 Å². The maximum atomic E-state index is 12.4. The van der Waals surface area contributed by atoms with Crippen molar-refractivity contribution in [3.05, 3.63) is 41.5 Å². The van der Waals surface area contributed by atoms with Crippen molar-refractivity contribution >= 4 is 12.0 Å². The maximum Gasteiger partial charge on any atom is 0.416 e. The molecule has 5 heteroatoms. The van der Waals surface area contributed by atoms with Gasteiger partial charge in [-0.15, -0.1) is 0 Å². The van der Waals surface area contributed by atoms with Crippen LogP contribution >= 0.6 is 0 Å². The second-order valence-electron chi connectivity index (χ2n) is 3.46. The van der Waals surface area contributed by atoms with E-state index in [1.165, 1.54) is 19.1 Å². The Morgan fingerprint density at radius 2 is 2.12 bits per heavy atom. The largest absolute Gasteiger partial charge is 0.416 e. The Kier molecular flexibility index (Phi) is 4.31. The van der Waals surface area contributed by atoms with Crippen molar-refractivity contribution < 1.29 is 18.0 Å². The standard InChI is InChI=1S/C12H12F3NO/c1-9(17)16-7-3-5-10-4-2-6-11(8-10)12(13,14)15/h2-6,8H,7H2,1H3,(H,16,17). The van der Waals surface area contributed by atoms with Crippen molar-refractivity contribution in [1.82, 2.24) is 5.32 Å². The molecule has 0 radical (unpaired) electrons. The highest BCUT2D eigenvalue weighted by atomic mass is 19.4.